The maximum absolute atomic E-state index is 12.1. The van der Waals surface area contributed by atoms with Crippen LogP contribution in [0.25, 0.3) is 27.6 Å². The number of benzene rings is 1. The standard InChI is InChI=1S/C16H11N3O/c20-14-7-9-19(11-4-2-1-3-5-11)15-12-6-8-17-16(12)18-10-13(14)15/h1-10H,(H,17,18). The highest BCUT2D eigenvalue weighted by atomic mass is 16.1. The molecule has 0 unspecified atom stereocenters. The number of nitrogens with zero attached hydrogens (tertiary/aromatic N) is 2. The smallest absolute Gasteiger partial charge is 0.190 e. The summed E-state index contributed by atoms with van der Waals surface area (Å²) in [7, 11) is 0. The number of hydrogen-bond acceptors (Lipinski definition) is 2. The number of pyridine rings is 2. The van der Waals surface area contributed by atoms with Crippen LogP contribution in [0.15, 0.2) is 65.8 Å². The fourth-order valence-electron chi connectivity index (χ4n) is 2.54. The van der Waals surface area contributed by atoms with Gasteiger partial charge in [-0.1, -0.05) is 18.2 Å². The van der Waals surface area contributed by atoms with Crippen LogP contribution in [0.5, 0.6) is 0 Å². The van der Waals surface area contributed by atoms with Crippen LogP contribution >= 0.6 is 0 Å². The Balaban J connectivity index is 2.24. The molecule has 3 heterocycles. The minimum absolute atomic E-state index is 0.0113. The number of para-hydroxylation sites is 1. The Hall–Kier alpha value is -2.88. The first kappa shape index (κ1) is 11.0. The molecule has 0 saturated carbocycles. The molecule has 4 nitrogen and oxygen atoms in total. The largest absolute Gasteiger partial charge is 0.346 e. The lowest BCUT2D eigenvalue weighted by Crippen LogP contribution is -2.07. The normalized spacial score (nSPS) is 11.2. The molecular weight excluding hydrogens is 250 g/mol. The monoisotopic (exact) mass is 261 g/mol. The second kappa shape index (κ2) is 4.06. The van der Waals surface area contributed by atoms with Crippen molar-refractivity contribution < 1.29 is 0 Å². The molecule has 20 heavy (non-hydrogen) atoms. The molecule has 0 atom stereocenters. The van der Waals surface area contributed by atoms with Gasteiger partial charge in [-0.15, -0.1) is 0 Å². The highest BCUT2D eigenvalue weighted by molar-refractivity contribution is 6.02. The van der Waals surface area contributed by atoms with Gasteiger partial charge >= 0.3 is 0 Å². The van der Waals surface area contributed by atoms with Crippen molar-refractivity contribution in [2.45, 2.75) is 0 Å². The highest BCUT2D eigenvalue weighted by Gasteiger charge is 2.09. The van der Waals surface area contributed by atoms with Gasteiger partial charge in [0, 0.05) is 35.7 Å². The first-order chi connectivity index (χ1) is 9.84. The summed E-state index contributed by atoms with van der Waals surface area (Å²) in [5.41, 5.74) is 2.68. The van der Waals surface area contributed by atoms with Gasteiger partial charge in [-0.3, -0.25) is 4.79 Å². The van der Waals surface area contributed by atoms with Gasteiger partial charge in [-0.05, 0) is 18.2 Å². The molecule has 3 aromatic heterocycles. The number of H-pyrrole nitrogens is 1. The van der Waals surface area contributed by atoms with Crippen LogP contribution in [0.3, 0.4) is 0 Å². The quantitative estimate of drug-likeness (QED) is 0.572. The maximum Gasteiger partial charge on any atom is 0.190 e. The number of rotatable bonds is 1. The summed E-state index contributed by atoms with van der Waals surface area (Å²) in [4.78, 5) is 19.4. The summed E-state index contributed by atoms with van der Waals surface area (Å²) in [6, 6.07) is 13.5. The van der Waals surface area contributed by atoms with E-state index >= 15 is 0 Å². The second-order valence-electron chi connectivity index (χ2n) is 4.65. The van der Waals surface area contributed by atoms with Gasteiger partial charge in [0.25, 0.3) is 0 Å². The third-order valence-electron chi connectivity index (χ3n) is 3.47. The minimum Gasteiger partial charge on any atom is -0.346 e. The Bertz CT molecular complexity index is 967. The molecule has 0 aliphatic rings. The molecule has 4 heteroatoms. The number of hydrogen-bond donors (Lipinski definition) is 1. The SMILES string of the molecule is O=c1ccn(-c2ccccc2)c2c1cnc1[nH]ccc12. The summed E-state index contributed by atoms with van der Waals surface area (Å²) in [5.74, 6) is 0. The van der Waals surface area contributed by atoms with Crippen molar-refractivity contribution in [2.75, 3.05) is 0 Å². The van der Waals surface area contributed by atoms with Gasteiger partial charge in [-0.25, -0.2) is 4.98 Å². The average Bonchev–Trinajstić information content (AvgIpc) is 2.97. The molecule has 0 aliphatic heterocycles. The van der Waals surface area contributed by atoms with E-state index in [4.69, 9.17) is 0 Å². The van der Waals surface area contributed by atoms with Gasteiger partial charge in [0.1, 0.15) is 5.65 Å². The molecule has 0 bridgehead atoms. The third-order valence-corrected chi connectivity index (χ3v) is 3.47. The van der Waals surface area contributed by atoms with Crippen LogP contribution in [0.2, 0.25) is 0 Å². The molecule has 0 saturated heterocycles. The van der Waals surface area contributed by atoms with E-state index in [1.54, 1.807) is 12.3 Å². The van der Waals surface area contributed by atoms with Crippen molar-refractivity contribution >= 4 is 21.9 Å². The van der Waals surface area contributed by atoms with Crippen molar-refractivity contribution in [2.24, 2.45) is 0 Å². The topological polar surface area (TPSA) is 50.7 Å². The maximum atomic E-state index is 12.1. The van der Waals surface area contributed by atoms with Crippen molar-refractivity contribution in [3.05, 3.63) is 71.3 Å². The third kappa shape index (κ3) is 1.48. The summed E-state index contributed by atoms with van der Waals surface area (Å²) in [5, 5.41) is 1.58. The van der Waals surface area contributed by atoms with Crippen molar-refractivity contribution in [3.8, 4) is 5.69 Å². The predicted octanol–water partition coefficient (Wildman–Crippen LogP) is 2.87. The first-order valence-electron chi connectivity index (χ1n) is 6.37. The molecule has 0 aliphatic carbocycles. The van der Waals surface area contributed by atoms with Crippen molar-refractivity contribution in [3.63, 3.8) is 0 Å². The summed E-state index contributed by atoms with van der Waals surface area (Å²) in [6.07, 6.45) is 5.28. The second-order valence-corrected chi connectivity index (χ2v) is 4.65. The van der Waals surface area contributed by atoms with E-state index in [-0.39, 0.29) is 5.43 Å². The molecule has 4 rings (SSSR count). The summed E-state index contributed by atoms with van der Waals surface area (Å²) >= 11 is 0. The number of fused-ring (bicyclic) bond motifs is 3. The minimum atomic E-state index is -0.0113. The average molecular weight is 261 g/mol. The summed E-state index contributed by atoms with van der Waals surface area (Å²) in [6.45, 7) is 0. The highest BCUT2D eigenvalue weighted by Crippen LogP contribution is 2.23. The first-order valence-corrected chi connectivity index (χ1v) is 6.37. The van der Waals surface area contributed by atoms with E-state index in [1.807, 2.05) is 53.4 Å². The molecule has 0 amide bonds. The molecule has 4 aromatic rings. The van der Waals surface area contributed by atoms with E-state index < -0.39 is 0 Å². The zero-order chi connectivity index (χ0) is 13.5. The fraction of sp³-hybridized carbons (Fsp3) is 0. The zero-order valence-electron chi connectivity index (χ0n) is 10.6. The lowest BCUT2D eigenvalue weighted by Gasteiger charge is -2.11. The van der Waals surface area contributed by atoms with Gasteiger partial charge in [0.05, 0.1) is 10.9 Å². The summed E-state index contributed by atoms with van der Waals surface area (Å²) < 4.78 is 2.02. The van der Waals surface area contributed by atoms with E-state index in [1.165, 1.54) is 0 Å². The van der Waals surface area contributed by atoms with E-state index in [9.17, 15) is 4.79 Å². The van der Waals surface area contributed by atoms with Crippen LogP contribution in [0, 0.1) is 0 Å². The number of aromatic amines is 1. The molecule has 0 spiro atoms. The van der Waals surface area contributed by atoms with E-state index in [2.05, 4.69) is 9.97 Å². The van der Waals surface area contributed by atoms with E-state index in [0.29, 0.717) is 5.39 Å². The predicted molar refractivity (Wildman–Crippen MR) is 79.2 cm³/mol. The molecular formula is C16H11N3O. The van der Waals surface area contributed by atoms with Gasteiger partial charge < -0.3 is 9.55 Å². The lowest BCUT2D eigenvalue weighted by atomic mass is 10.2. The van der Waals surface area contributed by atoms with Crippen LogP contribution in [-0.2, 0) is 0 Å². The zero-order valence-corrected chi connectivity index (χ0v) is 10.6. The van der Waals surface area contributed by atoms with Crippen molar-refractivity contribution in [1.82, 2.24) is 14.5 Å². The van der Waals surface area contributed by atoms with Crippen LogP contribution in [-0.4, -0.2) is 14.5 Å². The Morgan fingerprint density at radius 1 is 1.00 bits per heavy atom. The molecule has 1 aromatic carbocycles. The van der Waals surface area contributed by atoms with Crippen molar-refractivity contribution in [1.29, 1.82) is 0 Å². The fourth-order valence-corrected chi connectivity index (χ4v) is 2.54. The Kier molecular flexibility index (Phi) is 2.23. The molecule has 0 fully saturated rings. The molecule has 1 N–H and O–H groups in total. The van der Waals surface area contributed by atoms with Crippen LogP contribution < -0.4 is 5.43 Å². The number of nitrogens with one attached hydrogen (secondary N) is 1. The van der Waals surface area contributed by atoms with Gasteiger partial charge in [-0.2, -0.15) is 0 Å². The molecule has 96 valence electrons. The van der Waals surface area contributed by atoms with E-state index in [0.717, 1.165) is 22.2 Å². The van der Waals surface area contributed by atoms with Crippen LogP contribution in [0.1, 0.15) is 0 Å². The van der Waals surface area contributed by atoms with Gasteiger partial charge in [0.2, 0.25) is 0 Å². The van der Waals surface area contributed by atoms with Gasteiger partial charge in [0.15, 0.2) is 5.43 Å². The van der Waals surface area contributed by atoms with Crippen LogP contribution in [0.4, 0.5) is 0 Å². The Morgan fingerprint density at radius 2 is 1.85 bits per heavy atom. The molecule has 0 radical (unpaired) electrons. The number of aromatic nitrogens is 3. The lowest BCUT2D eigenvalue weighted by molar-refractivity contribution is 1.10. The Labute approximate surface area is 114 Å². The Morgan fingerprint density at radius 3 is 2.70 bits per heavy atom.